The first-order valence-electron chi connectivity index (χ1n) is 22.7. The summed E-state index contributed by atoms with van der Waals surface area (Å²) in [5.74, 6) is 0. The van der Waals surface area contributed by atoms with E-state index in [1.54, 1.807) is 0 Å². The summed E-state index contributed by atoms with van der Waals surface area (Å²) in [5.41, 5.74) is 14.3. The fourth-order valence-corrected chi connectivity index (χ4v) is 10.3. The largest absolute Gasteiger partial charge is 0.456 e. The van der Waals surface area contributed by atoms with Crippen LogP contribution in [0.3, 0.4) is 0 Å². The molecule has 13 rings (SSSR count). The minimum atomic E-state index is 0.894. The highest BCUT2D eigenvalue weighted by Crippen LogP contribution is 2.46. The van der Waals surface area contributed by atoms with Crippen molar-refractivity contribution < 1.29 is 4.42 Å². The van der Waals surface area contributed by atoms with Crippen molar-refractivity contribution in [3.63, 3.8) is 0 Å². The molecule has 0 N–H and O–H groups in total. The number of para-hydroxylation sites is 3. The van der Waals surface area contributed by atoms with E-state index >= 15 is 0 Å². The third-order valence-corrected chi connectivity index (χ3v) is 13.5. The normalized spacial score (nSPS) is 11.6. The molecule has 0 spiro atoms. The number of nitrogens with zero attached hydrogens (tertiary/aromatic N) is 1. The number of fused-ring (bicyclic) bond motifs is 9. The van der Waals surface area contributed by atoms with Gasteiger partial charge in [0.05, 0.1) is 11.4 Å². The van der Waals surface area contributed by atoms with Gasteiger partial charge in [-0.3, -0.25) is 0 Å². The zero-order valence-electron chi connectivity index (χ0n) is 36.0. The van der Waals surface area contributed by atoms with Crippen molar-refractivity contribution in [3.05, 3.63) is 249 Å². The zero-order chi connectivity index (χ0) is 43.6. The fraction of sp³-hybridized carbons (Fsp3) is 0. The molecule has 0 unspecified atom stereocenters. The number of rotatable bonds is 7. The lowest BCUT2D eigenvalue weighted by Crippen LogP contribution is -2.12. The molecule has 0 fully saturated rings. The van der Waals surface area contributed by atoms with E-state index in [9.17, 15) is 0 Å². The third-order valence-electron chi connectivity index (χ3n) is 13.5. The van der Waals surface area contributed by atoms with E-state index in [0.29, 0.717) is 0 Å². The summed E-state index contributed by atoms with van der Waals surface area (Å²) in [6, 6.07) is 90.4. The SMILES string of the molecule is c1ccc(N(c2ccc(-c3cccc4oc5ccccc5c34)cc2)c2ccccc2-c2ccc3c(ccc4ccccc43)c2)c(-c2ccc(-c3ccc4c(ccc5ccccc54)c3)cc2)c1. The molecule has 1 heterocycles. The van der Waals surface area contributed by atoms with Crippen LogP contribution in [0.2, 0.25) is 0 Å². The molecule has 0 saturated carbocycles. The molecule has 66 heavy (non-hydrogen) atoms. The molecule has 308 valence electrons. The second-order valence-electron chi connectivity index (χ2n) is 17.2. The van der Waals surface area contributed by atoms with E-state index in [2.05, 4.69) is 241 Å². The van der Waals surface area contributed by atoms with Gasteiger partial charge < -0.3 is 9.32 Å². The van der Waals surface area contributed by atoms with Crippen LogP contribution < -0.4 is 4.90 Å². The number of benzene rings is 12. The predicted molar refractivity (Wildman–Crippen MR) is 280 cm³/mol. The zero-order valence-corrected chi connectivity index (χ0v) is 36.0. The van der Waals surface area contributed by atoms with Crippen molar-refractivity contribution in [2.75, 3.05) is 4.90 Å². The first-order chi connectivity index (χ1) is 32.7. The van der Waals surface area contributed by atoms with Crippen molar-refractivity contribution in [3.8, 4) is 44.5 Å². The maximum atomic E-state index is 6.31. The monoisotopic (exact) mass is 839 g/mol. The van der Waals surface area contributed by atoms with Crippen LogP contribution >= 0.6 is 0 Å². The van der Waals surface area contributed by atoms with Crippen LogP contribution in [-0.4, -0.2) is 0 Å². The van der Waals surface area contributed by atoms with Crippen LogP contribution in [0, 0.1) is 0 Å². The van der Waals surface area contributed by atoms with Crippen LogP contribution in [0.5, 0.6) is 0 Å². The molecule has 0 aliphatic carbocycles. The van der Waals surface area contributed by atoms with E-state index < -0.39 is 0 Å². The fourth-order valence-electron chi connectivity index (χ4n) is 10.3. The summed E-state index contributed by atoms with van der Waals surface area (Å²) in [5, 5.41) is 12.3. The van der Waals surface area contributed by atoms with E-state index in [0.717, 1.165) is 66.8 Å². The summed E-state index contributed by atoms with van der Waals surface area (Å²) in [6.07, 6.45) is 0. The maximum Gasteiger partial charge on any atom is 0.136 e. The van der Waals surface area contributed by atoms with E-state index in [-0.39, 0.29) is 0 Å². The third kappa shape index (κ3) is 6.34. The molecule has 0 radical (unpaired) electrons. The van der Waals surface area contributed by atoms with E-state index in [1.807, 2.05) is 12.1 Å². The topological polar surface area (TPSA) is 16.4 Å². The van der Waals surface area contributed by atoms with Crippen molar-refractivity contribution in [1.82, 2.24) is 0 Å². The van der Waals surface area contributed by atoms with E-state index in [4.69, 9.17) is 4.42 Å². The van der Waals surface area contributed by atoms with E-state index in [1.165, 1.54) is 59.8 Å². The molecular weight excluding hydrogens is 799 g/mol. The Balaban J connectivity index is 0.945. The van der Waals surface area contributed by atoms with Crippen LogP contribution in [0.25, 0.3) is 110 Å². The average Bonchev–Trinajstić information content (AvgIpc) is 3.78. The Hall–Kier alpha value is -8.72. The minimum absolute atomic E-state index is 0.894. The van der Waals surface area contributed by atoms with Crippen molar-refractivity contribution in [1.29, 1.82) is 0 Å². The van der Waals surface area contributed by atoms with Gasteiger partial charge >= 0.3 is 0 Å². The van der Waals surface area contributed by atoms with Crippen molar-refractivity contribution in [2.24, 2.45) is 0 Å². The molecule has 0 saturated heterocycles. The molecule has 0 atom stereocenters. The van der Waals surface area contributed by atoms with Gasteiger partial charge in [0, 0.05) is 27.6 Å². The molecule has 2 nitrogen and oxygen atoms in total. The average molecular weight is 840 g/mol. The standard InChI is InChI=1S/C64H41NO/c1-3-14-52-43(12-1)28-30-48-40-47(34-38-54(48)52)42-24-26-45(27-25-42)56-16-5-8-20-60(56)65(51-36-32-46(33-37-51)58-19-11-23-63-64(58)59-18-7-10-22-62(59)66-63)61-21-9-6-17-57(61)50-35-39-55-49(41-50)31-29-44-13-2-4-15-53(44)55/h1-41H. The van der Waals surface area contributed by atoms with Crippen LogP contribution in [-0.2, 0) is 0 Å². The maximum absolute atomic E-state index is 6.31. The quantitative estimate of drug-likeness (QED) is 0.149. The Bertz CT molecular complexity index is 3990. The molecule has 0 amide bonds. The van der Waals surface area contributed by atoms with Gasteiger partial charge in [-0.1, -0.05) is 200 Å². The van der Waals surface area contributed by atoms with Gasteiger partial charge in [0.15, 0.2) is 0 Å². The second-order valence-corrected chi connectivity index (χ2v) is 17.2. The predicted octanol–water partition coefficient (Wildman–Crippen LogP) is 18.3. The van der Waals surface area contributed by atoms with Gasteiger partial charge in [-0.05, 0) is 125 Å². The summed E-state index contributed by atoms with van der Waals surface area (Å²) < 4.78 is 6.31. The second kappa shape index (κ2) is 15.5. The number of hydrogen-bond acceptors (Lipinski definition) is 2. The number of hydrogen-bond donors (Lipinski definition) is 0. The van der Waals surface area contributed by atoms with Gasteiger partial charge in [-0.25, -0.2) is 0 Å². The van der Waals surface area contributed by atoms with Gasteiger partial charge in [-0.15, -0.1) is 0 Å². The molecule has 13 aromatic rings. The van der Waals surface area contributed by atoms with Crippen molar-refractivity contribution >= 4 is 82.1 Å². The van der Waals surface area contributed by atoms with Crippen molar-refractivity contribution in [2.45, 2.75) is 0 Å². The van der Waals surface area contributed by atoms with Gasteiger partial charge in [0.2, 0.25) is 0 Å². The van der Waals surface area contributed by atoms with Crippen LogP contribution in [0.1, 0.15) is 0 Å². The Kier molecular flexibility index (Phi) is 8.89. The first-order valence-corrected chi connectivity index (χ1v) is 22.7. The van der Waals surface area contributed by atoms with Gasteiger partial charge in [-0.2, -0.15) is 0 Å². The summed E-state index contributed by atoms with van der Waals surface area (Å²) in [6.45, 7) is 0. The summed E-state index contributed by atoms with van der Waals surface area (Å²) in [7, 11) is 0. The molecule has 1 aromatic heterocycles. The summed E-state index contributed by atoms with van der Waals surface area (Å²) >= 11 is 0. The molecule has 0 aliphatic heterocycles. The number of furan rings is 1. The molecule has 12 aromatic carbocycles. The molecular formula is C64H41NO. The number of anilines is 3. The highest BCUT2D eigenvalue weighted by atomic mass is 16.3. The lowest BCUT2D eigenvalue weighted by atomic mass is 9.94. The first kappa shape index (κ1) is 37.8. The molecule has 0 bridgehead atoms. The molecule has 0 aliphatic rings. The lowest BCUT2D eigenvalue weighted by Gasteiger charge is -2.30. The van der Waals surface area contributed by atoms with Crippen LogP contribution in [0.4, 0.5) is 17.1 Å². The Labute approximate surface area is 382 Å². The van der Waals surface area contributed by atoms with Gasteiger partial charge in [0.25, 0.3) is 0 Å². The Morgan fingerprint density at radius 1 is 0.258 bits per heavy atom. The van der Waals surface area contributed by atoms with Crippen LogP contribution in [0.15, 0.2) is 253 Å². The van der Waals surface area contributed by atoms with Gasteiger partial charge in [0.1, 0.15) is 11.2 Å². The molecule has 2 heteroatoms. The highest BCUT2D eigenvalue weighted by Gasteiger charge is 2.22. The minimum Gasteiger partial charge on any atom is -0.456 e. The Morgan fingerprint density at radius 3 is 1.38 bits per heavy atom. The smallest absolute Gasteiger partial charge is 0.136 e. The lowest BCUT2D eigenvalue weighted by molar-refractivity contribution is 0.669. The highest BCUT2D eigenvalue weighted by molar-refractivity contribution is 6.13. The summed E-state index contributed by atoms with van der Waals surface area (Å²) in [4.78, 5) is 2.44. The Morgan fingerprint density at radius 2 is 0.697 bits per heavy atom.